The van der Waals surface area contributed by atoms with Crippen molar-refractivity contribution in [2.75, 3.05) is 0 Å². The molecule has 0 aliphatic heterocycles. The Labute approximate surface area is 141 Å². The zero-order valence-electron chi connectivity index (χ0n) is 11.7. The predicted octanol–water partition coefficient (Wildman–Crippen LogP) is 5.83. The summed E-state index contributed by atoms with van der Waals surface area (Å²) in [6.45, 7) is 0.702. The maximum absolute atomic E-state index is 14.0. The van der Waals surface area contributed by atoms with E-state index in [1.165, 1.54) is 0 Å². The summed E-state index contributed by atoms with van der Waals surface area (Å²) in [5.41, 5.74) is -12.2. The number of alkyl halides is 10. The highest BCUT2D eigenvalue weighted by Crippen LogP contribution is 2.54. The first-order chi connectivity index (χ1) is 11.0. The van der Waals surface area contributed by atoms with E-state index in [9.17, 15) is 43.9 Å². The van der Waals surface area contributed by atoms with Crippen LogP contribution in [0.5, 0.6) is 0 Å². The third-order valence-electron chi connectivity index (χ3n) is 3.11. The molecule has 0 aliphatic carbocycles. The molecule has 25 heavy (non-hydrogen) atoms. The fraction of sp³-hybridized carbons (Fsp3) is 0.417. The molecule has 0 saturated carbocycles. The van der Waals surface area contributed by atoms with E-state index in [4.69, 9.17) is 5.21 Å². The molecule has 142 valence electrons. The Kier molecular flexibility index (Phi) is 5.44. The van der Waals surface area contributed by atoms with E-state index in [2.05, 4.69) is 21.1 Å². The Morgan fingerprint density at radius 3 is 1.68 bits per heavy atom. The summed E-state index contributed by atoms with van der Waals surface area (Å²) in [5.74, 6) is 0. The molecule has 0 aliphatic rings. The molecular formula is C12H6BrF10NO. The van der Waals surface area contributed by atoms with E-state index < -0.39 is 57.1 Å². The Morgan fingerprint density at radius 2 is 1.36 bits per heavy atom. The molecule has 0 saturated heterocycles. The number of hydrogen-bond acceptors (Lipinski definition) is 2. The van der Waals surface area contributed by atoms with Crippen LogP contribution in [-0.4, -0.2) is 22.2 Å². The normalized spacial score (nSPS) is 14.8. The minimum atomic E-state index is -6.57. The van der Waals surface area contributed by atoms with Crippen molar-refractivity contribution in [2.24, 2.45) is 5.16 Å². The first-order valence-electron chi connectivity index (χ1n) is 5.91. The van der Waals surface area contributed by atoms with E-state index in [0.29, 0.717) is 6.92 Å². The number of hydrogen-bond donors (Lipinski definition) is 1. The SMILES string of the molecule is Cc1cc(C(F)(C(F)(F)F)C(F)(F)F)cc(C(F)(F)F)c1C(Br)=NO. The van der Waals surface area contributed by atoms with E-state index in [1.807, 2.05) is 0 Å². The third kappa shape index (κ3) is 3.70. The van der Waals surface area contributed by atoms with Crippen LogP contribution in [0, 0.1) is 6.92 Å². The quantitative estimate of drug-likeness (QED) is 0.262. The molecule has 1 aromatic rings. The lowest BCUT2D eigenvalue weighted by Crippen LogP contribution is -2.50. The van der Waals surface area contributed by atoms with Crippen LogP contribution in [0.25, 0.3) is 0 Å². The topological polar surface area (TPSA) is 32.6 Å². The molecular weight excluding hydrogens is 444 g/mol. The van der Waals surface area contributed by atoms with Gasteiger partial charge in [0.15, 0.2) is 4.62 Å². The molecule has 0 atom stereocenters. The highest BCUT2D eigenvalue weighted by molar-refractivity contribution is 9.18. The van der Waals surface area contributed by atoms with Gasteiger partial charge in [-0.1, -0.05) is 11.2 Å². The van der Waals surface area contributed by atoms with Crippen molar-refractivity contribution in [3.63, 3.8) is 0 Å². The summed E-state index contributed by atoms with van der Waals surface area (Å²) < 4.78 is 129. The maximum Gasteiger partial charge on any atom is 0.435 e. The lowest BCUT2D eigenvalue weighted by molar-refractivity contribution is -0.348. The van der Waals surface area contributed by atoms with Gasteiger partial charge in [0.05, 0.1) is 5.56 Å². The summed E-state index contributed by atoms with van der Waals surface area (Å²) >= 11 is 2.39. The van der Waals surface area contributed by atoms with Crippen LogP contribution in [0.15, 0.2) is 17.3 Å². The zero-order chi connectivity index (χ0) is 20.0. The van der Waals surface area contributed by atoms with Gasteiger partial charge in [0, 0.05) is 11.1 Å². The monoisotopic (exact) mass is 449 g/mol. The van der Waals surface area contributed by atoms with Gasteiger partial charge in [0.1, 0.15) is 0 Å². The van der Waals surface area contributed by atoms with Crippen molar-refractivity contribution in [3.05, 3.63) is 34.4 Å². The average Bonchev–Trinajstić information content (AvgIpc) is 2.41. The molecule has 0 aromatic heterocycles. The summed E-state index contributed by atoms with van der Waals surface area (Å²) in [6, 6.07) is -0.659. The van der Waals surface area contributed by atoms with E-state index in [0.717, 1.165) is 0 Å². The molecule has 0 heterocycles. The van der Waals surface area contributed by atoms with Crippen molar-refractivity contribution < 1.29 is 49.1 Å². The van der Waals surface area contributed by atoms with Crippen molar-refractivity contribution in [2.45, 2.75) is 31.1 Å². The van der Waals surface area contributed by atoms with Gasteiger partial charge in [-0.3, -0.25) is 0 Å². The number of halogens is 11. The molecule has 0 fully saturated rings. The van der Waals surface area contributed by atoms with Crippen LogP contribution in [0.1, 0.15) is 22.3 Å². The number of aryl methyl sites for hydroxylation is 1. The van der Waals surface area contributed by atoms with Gasteiger partial charge in [-0.15, -0.1) is 0 Å². The minimum Gasteiger partial charge on any atom is -0.410 e. The average molecular weight is 450 g/mol. The van der Waals surface area contributed by atoms with Crippen molar-refractivity contribution in [1.29, 1.82) is 0 Å². The van der Waals surface area contributed by atoms with E-state index in [1.54, 1.807) is 0 Å². The second-order valence-corrected chi connectivity index (χ2v) is 5.51. The Balaban J connectivity index is 3.95. The molecule has 1 rings (SSSR count). The lowest BCUT2D eigenvalue weighted by Gasteiger charge is -2.31. The standard InChI is InChI=1S/C12H6BrF10NO/c1-4-2-5(9(14,11(18,19)20)12(21,22)23)3-6(10(15,16)17)7(4)8(13)24-25/h2-3,25H,1H3. The summed E-state index contributed by atoms with van der Waals surface area (Å²) in [7, 11) is 0. The first kappa shape index (κ1) is 21.5. The Bertz CT molecular complexity index is 675. The van der Waals surface area contributed by atoms with Crippen molar-refractivity contribution >= 4 is 20.6 Å². The lowest BCUT2D eigenvalue weighted by atomic mass is 9.88. The molecule has 0 radical (unpaired) electrons. The molecule has 0 unspecified atom stereocenters. The summed E-state index contributed by atoms with van der Waals surface area (Å²) in [6.07, 6.45) is -18.6. The number of nitrogens with zero attached hydrogens (tertiary/aromatic N) is 1. The second-order valence-electron chi connectivity index (χ2n) is 4.76. The van der Waals surface area contributed by atoms with E-state index >= 15 is 0 Å². The first-order valence-corrected chi connectivity index (χ1v) is 6.70. The van der Waals surface area contributed by atoms with Gasteiger partial charge >= 0.3 is 24.2 Å². The van der Waals surface area contributed by atoms with Crippen molar-refractivity contribution in [1.82, 2.24) is 0 Å². The predicted molar refractivity (Wildman–Crippen MR) is 68.3 cm³/mol. The minimum absolute atomic E-state index is 0.0437. The molecule has 1 N–H and O–H groups in total. The van der Waals surface area contributed by atoms with Gasteiger partial charge < -0.3 is 5.21 Å². The van der Waals surface area contributed by atoms with Gasteiger partial charge in [-0.25, -0.2) is 4.39 Å². The molecule has 13 heteroatoms. The van der Waals surface area contributed by atoms with Crippen LogP contribution in [-0.2, 0) is 11.8 Å². The van der Waals surface area contributed by atoms with Gasteiger partial charge in [-0.2, -0.15) is 39.5 Å². The summed E-state index contributed by atoms with van der Waals surface area (Å²) in [4.78, 5) is 0. The fourth-order valence-electron chi connectivity index (χ4n) is 2.02. The molecule has 0 amide bonds. The molecule has 0 bridgehead atoms. The fourth-order valence-corrected chi connectivity index (χ4v) is 2.55. The largest absolute Gasteiger partial charge is 0.435 e. The van der Waals surface area contributed by atoms with Crippen LogP contribution in [0.2, 0.25) is 0 Å². The van der Waals surface area contributed by atoms with Crippen molar-refractivity contribution in [3.8, 4) is 0 Å². The second kappa shape index (κ2) is 6.32. The smallest absolute Gasteiger partial charge is 0.410 e. The molecule has 1 aromatic carbocycles. The van der Waals surface area contributed by atoms with Gasteiger partial charge in [0.25, 0.3) is 0 Å². The molecule has 2 nitrogen and oxygen atoms in total. The highest BCUT2D eigenvalue weighted by Gasteiger charge is 2.73. The molecule has 0 spiro atoms. The van der Waals surface area contributed by atoms with Crippen LogP contribution in [0.3, 0.4) is 0 Å². The van der Waals surface area contributed by atoms with Crippen LogP contribution < -0.4 is 0 Å². The Hall–Kier alpha value is -1.53. The van der Waals surface area contributed by atoms with Crippen LogP contribution in [0.4, 0.5) is 43.9 Å². The summed E-state index contributed by atoms with van der Waals surface area (Å²) in [5, 5.41) is 10.9. The van der Waals surface area contributed by atoms with Gasteiger partial charge in [-0.05, 0) is 34.5 Å². The highest BCUT2D eigenvalue weighted by atomic mass is 79.9. The zero-order valence-corrected chi connectivity index (χ0v) is 13.3. The maximum atomic E-state index is 14.0. The van der Waals surface area contributed by atoms with Crippen LogP contribution >= 0.6 is 15.9 Å². The number of rotatable bonds is 2. The van der Waals surface area contributed by atoms with E-state index in [-0.39, 0.29) is 6.07 Å². The Morgan fingerprint density at radius 1 is 0.920 bits per heavy atom. The van der Waals surface area contributed by atoms with Gasteiger partial charge in [0.2, 0.25) is 0 Å². The third-order valence-corrected chi connectivity index (χ3v) is 3.67. The number of oxime groups is 1. The number of benzene rings is 1.